The van der Waals surface area contributed by atoms with Gasteiger partial charge in [0.2, 0.25) is 6.79 Å². The molecule has 1 unspecified atom stereocenters. The molecule has 0 amide bonds. The predicted molar refractivity (Wildman–Crippen MR) is 77.5 cm³/mol. The number of nitrogens with zero attached hydrogens (tertiary/aromatic N) is 1. The summed E-state index contributed by atoms with van der Waals surface area (Å²) in [4.78, 5) is 13.2. The van der Waals surface area contributed by atoms with E-state index in [1.807, 2.05) is 6.07 Å². The highest BCUT2D eigenvalue weighted by atomic mass is 16.7. The summed E-state index contributed by atoms with van der Waals surface area (Å²) in [6, 6.07) is 6.41. The topological polar surface area (TPSA) is 59.0 Å². The first-order valence-electron chi connectivity index (χ1n) is 7.49. The Hall–Kier alpha value is -1.75. The molecule has 0 spiro atoms. The van der Waals surface area contributed by atoms with Crippen molar-refractivity contribution < 1.29 is 19.4 Å². The average molecular weight is 291 g/mol. The fourth-order valence-electron chi connectivity index (χ4n) is 3.18. The molecule has 1 aromatic carbocycles. The third-order valence-electron chi connectivity index (χ3n) is 4.54. The van der Waals surface area contributed by atoms with E-state index in [4.69, 9.17) is 14.6 Å². The van der Waals surface area contributed by atoms with Crippen LogP contribution in [0.25, 0.3) is 0 Å². The maximum atomic E-state index is 10.8. The van der Waals surface area contributed by atoms with Crippen molar-refractivity contribution in [3.8, 4) is 11.5 Å². The van der Waals surface area contributed by atoms with Crippen LogP contribution in [0, 0.1) is 5.92 Å². The summed E-state index contributed by atoms with van der Waals surface area (Å²) in [6.45, 7) is 4.39. The zero-order valence-electron chi connectivity index (χ0n) is 12.2. The van der Waals surface area contributed by atoms with Gasteiger partial charge < -0.3 is 14.6 Å². The Morgan fingerprint density at radius 1 is 1.33 bits per heavy atom. The zero-order valence-corrected chi connectivity index (χ0v) is 12.2. The van der Waals surface area contributed by atoms with Gasteiger partial charge in [-0.25, -0.2) is 0 Å². The fraction of sp³-hybridized carbons (Fsp3) is 0.562. The monoisotopic (exact) mass is 291 g/mol. The highest BCUT2D eigenvalue weighted by Crippen LogP contribution is 2.36. The number of carbonyl (C=O) groups is 1. The van der Waals surface area contributed by atoms with Crippen molar-refractivity contribution >= 4 is 5.97 Å². The number of benzene rings is 1. The molecular formula is C16H21NO4. The molecular weight excluding hydrogens is 270 g/mol. The second-order valence-corrected chi connectivity index (χ2v) is 5.87. The molecule has 0 saturated carbocycles. The Bertz CT molecular complexity index is 523. The van der Waals surface area contributed by atoms with Crippen molar-refractivity contribution in [2.24, 2.45) is 5.92 Å². The van der Waals surface area contributed by atoms with E-state index in [0.29, 0.717) is 25.2 Å². The van der Waals surface area contributed by atoms with Crippen LogP contribution in [0.1, 0.15) is 37.8 Å². The lowest BCUT2D eigenvalue weighted by molar-refractivity contribution is -0.138. The molecule has 1 atom stereocenters. The van der Waals surface area contributed by atoms with Crippen LogP contribution in [0.3, 0.4) is 0 Å². The van der Waals surface area contributed by atoms with Gasteiger partial charge in [0.25, 0.3) is 0 Å². The van der Waals surface area contributed by atoms with Gasteiger partial charge in [-0.15, -0.1) is 0 Å². The Morgan fingerprint density at radius 3 is 2.76 bits per heavy atom. The van der Waals surface area contributed by atoms with E-state index in [-0.39, 0.29) is 0 Å². The minimum Gasteiger partial charge on any atom is -0.481 e. The van der Waals surface area contributed by atoms with Crippen molar-refractivity contribution in [3.05, 3.63) is 23.8 Å². The number of aliphatic carboxylic acids is 1. The third-order valence-corrected chi connectivity index (χ3v) is 4.54. The van der Waals surface area contributed by atoms with E-state index in [1.54, 1.807) is 0 Å². The van der Waals surface area contributed by atoms with Crippen LogP contribution in [-0.4, -0.2) is 35.9 Å². The Morgan fingerprint density at radius 2 is 2.05 bits per heavy atom. The van der Waals surface area contributed by atoms with Gasteiger partial charge >= 0.3 is 5.97 Å². The summed E-state index contributed by atoms with van der Waals surface area (Å²) in [5.41, 5.74) is 1.22. The van der Waals surface area contributed by atoms with Crippen LogP contribution < -0.4 is 9.47 Å². The molecule has 3 rings (SSSR count). The van der Waals surface area contributed by atoms with E-state index < -0.39 is 5.97 Å². The molecule has 0 bridgehead atoms. The van der Waals surface area contributed by atoms with E-state index in [2.05, 4.69) is 24.0 Å². The molecule has 0 aromatic heterocycles. The van der Waals surface area contributed by atoms with Gasteiger partial charge in [-0.05, 0) is 56.5 Å². The highest BCUT2D eigenvalue weighted by Gasteiger charge is 2.25. The van der Waals surface area contributed by atoms with E-state index >= 15 is 0 Å². The van der Waals surface area contributed by atoms with Gasteiger partial charge in [-0.1, -0.05) is 6.07 Å². The second-order valence-electron chi connectivity index (χ2n) is 5.87. The van der Waals surface area contributed by atoms with Crippen LogP contribution in [0.2, 0.25) is 0 Å². The van der Waals surface area contributed by atoms with Gasteiger partial charge in [-0.2, -0.15) is 0 Å². The summed E-state index contributed by atoms with van der Waals surface area (Å²) < 4.78 is 10.8. The number of hydrogen-bond donors (Lipinski definition) is 1. The molecule has 1 aromatic rings. The lowest BCUT2D eigenvalue weighted by Crippen LogP contribution is -2.36. The predicted octanol–water partition coefficient (Wildman–Crippen LogP) is 2.66. The standard InChI is InChI=1S/C16H21NO4/c1-11(13-2-3-14-15(9-13)21-10-20-14)17-6-4-12(5-7-17)8-16(18)19/h2-3,9,11-12H,4-8,10H2,1H3,(H,18,19). The molecule has 114 valence electrons. The summed E-state index contributed by atoms with van der Waals surface area (Å²) in [6.07, 6.45) is 2.22. The van der Waals surface area contributed by atoms with Crippen molar-refractivity contribution in [3.63, 3.8) is 0 Å². The smallest absolute Gasteiger partial charge is 0.303 e. The molecule has 21 heavy (non-hydrogen) atoms. The van der Waals surface area contributed by atoms with Gasteiger partial charge in [0.15, 0.2) is 11.5 Å². The molecule has 2 heterocycles. The largest absolute Gasteiger partial charge is 0.481 e. The summed E-state index contributed by atoms with van der Waals surface area (Å²) in [5, 5.41) is 8.87. The number of ether oxygens (including phenoxy) is 2. The maximum absolute atomic E-state index is 10.8. The molecule has 2 aliphatic heterocycles. The van der Waals surface area contributed by atoms with E-state index in [0.717, 1.165) is 37.4 Å². The normalized spacial score (nSPS) is 20.4. The first kappa shape index (κ1) is 14.2. The molecule has 1 saturated heterocycles. The van der Waals surface area contributed by atoms with E-state index in [9.17, 15) is 4.79 Å². The molecule has 0 radical (unpaired) electrons. The number of fused-ring (bicyclic) bond motifs is 1. The van der Waals surface area contributed by atoms with Gasteiger partial charge in [0.1, 0.15) is 0 Å². The molecule has 5 nitrogen and oxygen atoms in total. The van der Waals surface area contributed by atoms with Crippen molar-refractivity contribution in [1.82, 2.24) is 4.90 Å². The van der Waals surface area contributed by atoms with Crippen molar-refractivity contribution in [1.29, 1.82) is 0 Å². The van der Waals surface area contributed by atoms with Crippen LogP contribution in [-0.2, 0) is 4.79 Å². The zero-order chi connectivity index (χ0) is 14.8. The Kier molecular flexibility index (Phi) is 4.01. The quantitative estimate of drug-likeness (QED) is 0.924. The molecule has 1 N–H and O–H groups in total. The van der Waals surface area contributed by atoms with Crippen LogP contribution in [0.5, 0.6) is 11.5 Å². The minimum atomic E-state index is -0.683. The number of rotatable bonds is 4. The second kappa shape index (κ2) is 5.93. The Balaban J connectivity index is 1.61. The van der Waals surface area contributed by atoms with E-state index in [1.165, 1.54) is 5.56 Å². The van der Waals surface area contributed by atoms with Crippen LogP contribution in [0.15, 0.2) is 18.2 Å². The average Bonchev–Trinajstić information content (AvgIpc) is 2.94. The fourth-order valence-corrected chi connectivity index (χ4v) is 3.18. The molecule has 1 fully saturated rings. The van der Waals surface area contributed by atoms with Crippen molar-refractivity contribution in [2.75, 3.05) is 19.9 Å². The van der Waals surface area contributed by atoms with Gasteiger partial charge in [0.05, 0.1) is 0 Å². The van der Waals surface area contributed by atoms with Crippen molar-refractivity contribution in [2.45, 2.75) is 32.2 Å². The molecule has 5 heteroatoms. The molecule has 0 aliphatic carbocycles. The summed E-state index contributed by atoms with van der Waals surface area (Å²) in [7, 11) is 0. The number of carboxylic acid groups (broad SMARTS) is 1. The summed E-state index contributed by atoms with van der Waals surface area (Å²) in [5.74, 6) is 1.27. The molecule has 2 aliphatic rings. The highest BCUT2D eigenvalue weighted by molar-refractivity contribution is 5.67. The number of hydrogen-bond acceptors (Lipinski definition) is 4. The van der Waals surface area contributed by atoms with Gasteiger partial charge in [-0.3, -0.25) is 9.69 Å². The van der Waals surface area contributed by atoms with Gasteiger partial charge in [0, 0.05) is 12.5 Å². The third kappa shape index (κ3) is 3.13. The minimum absolute atomic E-state index is 0.298. The first-order chi connectivity index (χ1) is 10.1. The SMILES string of the molecule is CC(c1ccc2c(c1)OCO2)N1CCC(CC(=O)O)CC1. The lowest BCUT2D eigenvalue weighted by atomic mass is 9.92. The Labute approximate surface area is 124 Å². The van der Waals surface area contributed by atoms with Crippen LogP contribution >= 0.6 is 0 Å². The maximum Gasteiger partial charge on any atom is 0.303 e. The first-order valence-corrected chi connectivity index (χ1v) is 7.49. The lowest BCUT2D eigenvalue weighted by Gasteiger charge is -2.35. The summed E-state index contributed by atoms with van der Waals surface area (Å²) >= 11 is 0. The number of likely N-dealkylation sites (tertiary alicyclic amines) is 1. The number of piperidine rings is 1. The number of carboxylic acids is 1. The van der Waals surface area contributed by atoms with Crippen LogP contribution in [0.4, 0.5) is 0 Å².